The molecule has 0 saturated carbocycles. The fourth-order valence-corrected chi connectivity index (χ4v) is 4.07. The predicted molar refractivity (Wildman–Crippen MR) is 76.1 cm³/mol. The van der Waals surface area contributed by atoms with Gasteiger partial charge in [-0.15, -0.1) is 0 Å². The molecule has 0 aliphatic carbocycles. The fraction of sp³-hybridized carbons (Fsp3) is 0.333. The van der Waals surface area contributed by atoms with Crippen LogP contribution in [0.1, 0.15) is 5.56 Å². The minimum Gasteiger partial charge on any atom is -0.480 e. The minimum absolute atomic E-state index is 0.0969. The third-order valence-corrected chi connectivity index (χ3v) is 5.49. The highest BCUT2D eigenvalue weighted by atomic mass is 32.2. The largest absolute Gasteiger partial charge is 0.480 e. The molecule has 6 nitrogen and oxygen atoms in total. The fourth-order valence-electron chi connectivity index (χ4n) is 1.33. The summed E-state index contributed by atoms with van der Waals surface area (Å²) in [6, 6.07) is 6.68. The maximum atomic E-state index is 12.0. The van der Waals surface area contributed by atoms with Gasteiger partial charge in [0.25, 0.3) is 0 Å². The zero-order valence-corrected chi connectivity index (χ0v) is 12.2. The molecule has 0 aliphatic heterocycles. The van der Waals surface area contributed by atoms with Gasteiger partial charge in [0.05, 0.1) is 22.3 Å². The summed E-state index contributed by atoms with van der Waals surface area (Å²) in [4.78, 5) is 10.6. The van der Waals surface area contributed by atoms with E-state index in [0.717, 1.165) is 0 Å². The van der Waals surface area contributed by atoms with Crippen LogP contribution in [-0.4, -0.2) is 42.8 Å². The molecule has 0 bridgehead atoms. The summed E-state index contributed by atoms with van der Waals surface area (Å²) in [7, 11) is -3.47. The molecule has 0 fully saturated rings. The Bertz CT molecular complexity index is 623. The molecule has 0 aromatic heterocycles. The van der Waals surface area contributed by atoms with Crippen molar-refractivity contribution in [3.8, 4) is 6.07 Å². The lowest BCUT2D eigenvalue weighted by molar-refractivity contribution is -0.137. The van der Waals surface area contributed by atoms with Crippen molar-refractivity contribution in [2.24, 2.45) is 5.73 Å². The number of carboxylic acid groups (broad SMARTS) is 1. The summed E-state index contributed by atoms with van der Waals surface area (Å²) >= 11 is 1.17. The summed E-state index contributed by atoms with van der Waals surface area (Å²) in [6.45, 7) is 0. The number of benzene rings is 1. The molecule has 1 aromatic carbocycles. The third-order valence-electron chi connectivity index (χ3n) is 2.43. The Labute approximate surface area is 121 Å². The predicted octanol–water partition coefficient (Wildman–Crippen LogP) is 0.477. The SMILES string of the molecule is N#Cc1cccc(S(=O)(=O)CCSCC(N)C(=O)O)c1. The standard InChI is InChI=1S/C12H14N2O4S2/c13-7-9-2-1-3-10(6-9)20(17,18)5-4-19-8-11(14)12(15)16/h1-3,6,11H,4-5,8,14H2,(H,15,16). The van der Waals surface area contributed by atoms with E-state index >= 15 is 0 Å². The molecule has 8 heteroatoms. The number of thioether (sulfide) groups is 1. The van der Waals surface area contributed by atoms with Crippen LogP contribution in [0.15, 0.2) is 29.2 Å². The van der Waals surface area contributed by atoms with Gasteiger partial charge in [0, 0.05) is 11.5 Å². The average molecular weight is 314 g/mol. The van der Waals surface area contributed by atoms with Crippen molar-refractivity contribution in [1.29, 1.82) is 5.26 Å². The number of aliphatic carboxylic acids is 1. The molecule has 1 unspecified atom stereocenters. The quantitative estimate of drug-likeness (QED) is 0.702. The summed E-state index contributed by atoms with van der Waals surface area (Å²) in [5, 5.41) is 17.3. The van der Waals surface area contributed by atoms with Crippen LogP contribution in [0.2, 0.25) is 0 Å². The molecular weight excluding hydrogens is 300 g/mol. The van der Waals surface area contributed by atoms with Gasteiger partial charge in [-0.2, -0.15) is 17.0 Å². The average Bonchev–Trinajstić information content (AvgIpc) is 2.43. The normalized spacial score (nSPS) is 12.6. The molecule has 0 spiro atoms. The van der Waals surface area contributed by atoms with Crippen molar-refractivity contribution in [1.82, 2.24) is 0 Å². The van der Waals surface area contributed by atoms with E-state index in [1.807, 2.05) is 6.07 Å². The van der Waals surface area contributed by atoms with Crippen LogP contribution in [0.4, 0.5) is 0 Å². The number of nitrogens with two attached hydrogens (primary N) is 1. The highest BCUT2D eigenvalue weighted by molar-refractivity contribution is 8.00. The lowest BCUT2D eigenvalue weighted by Crippen LogP contribution is -2.32. The van der Waals surface area contributed by atoms with E-state index in [4.69, 9.17) is 16.1 Å². The van der Waals surface area contributed by atoms with E-state index in [-0.39, 0.29) is 27.7 Å². The second-order valence-electron chi connectivity index (χ2n) is 3.98. The number of nitriles is 1. The Morgan fingerprint density at radius 1 is 1.50 bits per heavy atom. The molecule has 0 saturated heterocycles. The number of carboxylic acids is 1. The van der Waals surface area contributed by atoms with Crippen LogP contribution < -0.4 is 5.73 Å². The second kappa shape index (κ2) is 7.28. The van der Waals surface area contributed by atoms with Crippen molar-refractivity contribution >= 4 is 27.6 Å². The van der Waals surface area contributed by atoms with Gasteiger partial charge in [0.15, 0.2) is 9.84 Å². The van der Waals surface area contributed by atoms with Crippen LogP contribution in [0.25, 0.3) is 0 Å². The maximum Gasteiger partial charge on any atom is 0.321 e. The first-order valence-electron chi connectivity index (χ1n) is 5.66. The summed E-state index contributed by atoms with van der Waals surface area (Å²) < 4.78 is 24.0. The molecule has 108 valence electrons. The first-order chi connectivity index (χ1) is 9.36. The third kappa shape index (κ3) is 4.85. The van der Waals surface area contributed by atoms with Gasteiger partial charge in [-0.1, -0.05) is 6.07 Å². The molecule has 3 N–H and O–H groups in total. The number of hydrogen-bond donors (Lipinski definition) is 2. The number of sulfone groups is 1. The summed E-state index contributed by atoms with van der Waals surface area (Å²) in [6.07, 6.45) is 0. The van der Waals surface area contributed by atoms with Gasteiger partial charge in [-0.05, 0) is 18.2 Å². The van der Waals surface area contributed by atoms with Gasteiger partial charge in [0.2, 0.25) is 0 Å². The van der Waals surface area contributed by atoms with Gasteiger partial charge in [-0.3, -0.25) is 4.79 Å². The Hall–Kier alpha value is -1.56. The van der Waals surface area contributed by atoms with E-state index in [1.165, 1.54) is 36.0 Å². The molecule has 0 heterocycles. The van der Waals surface area contributed by atoms with E-state index in [9.17, 15) is 13.2 Å². The molecule has 1 atom stereocenters. The zero-order chi connectivity index (χ0) is 15.2. The molecule has 0 amide bonds. The highest BCUT2D eigenvalue weighted by Crippen LogP contribution is 2.15. The molecule has 1 aromatic rings. The minimum atomic E-state index is -3.47. The summed E-state index contributed by atoms with van der Waals surface area (Å²) in [5.41, 5.74) is 5.59. The van der Waals surface area contributed by atoms with E-state index < -0.39 is 21.8 Å². The number of rotatable bonds is 7. The van der Waals surface area contributed by atoms with Crippen molar-refractivity contribution < 1.29 is 18.3 Å². The Balaban J connectivity index is 2.58. The monoisotopic (exact) mass is 314 g/mol. The van der Waals surface area contributed by atoms with Crippen molar-refractivity contribution in [2.45, 2.75) is 10.9 Å². The van der Waals surface area contributed by atoms with Gasteiger partial charge >= 0.3 is 5.97 Å². The molecule has 0 radical (unpaired) electrons. The number of carbonyl (C=O) groups is 1. The first-order valence-corrected chi connectivity index (χ1v) is 8.46. The first kappa shape index (κ1) is 16.5. The lowest BCUT2D eigenvalue weighted by atomic mass is 10.2. The summed E-state index contributed by atoms with van der Waals surface area (Å²) in [5.74, 6) is -0.829. The van der Waals surface area contributed by atoms with Crippen LogP contribution in [0.5, 0.6) is 0 Å². The topological polar surface area (TPSA) is 121 Å². The lowest BCUT2D eigenvalue weighted by Gasteiger charge is -2.07. The van der Waals surface area contributed by atoms with Gasteiger partial charge < -0.3 is 10.8 Å². The molecule has 0 aliphatic rings. The van der Waals surface area contributed by atoms with E-state index in [0.29, 0.717) is 0 Å². The zero-order valence-electron chi connectivity index (χ0n) is 10.5. The van der Waals surface area contributed by atoms with Crippen molar-refractivity contribution in [3.05, 3.63) is 29.8 Å². The van der Waals surface area contributed by atoms with Gasteiger partial charge in [0.1, 0.15) is 6.04 Å². The van der Waals surface area contributed by atoms with Crippen molar-refractivity contribution in [2.75, 3.05) is 17.3 Å². The molecule has 20 heavy (non-hydrogen) atoms. The Morgan fingerprint density at radius 3 is 2.80 bits per heavy atom. The van der Waals surface area contributed by atoms with Crippen molar-refractivity contribution in [3.63, 3.8) is 0 Å². The van der Waals surface area contributed by atoms with Crippen LogP contribution in [0.3, 0.4) is 0 Å². The smallest absolute Gasteiger partial charge is 0.321 e. The number of nitrogens with zero attached hydrogens (tertiary/aromatic N) is 1. The van der Waals surface area contributed by atoms with Crippen LogP contribution >= 0.6 is 11.8 Å². The Kier molecular flexibility index (Phi) is 6.01. The Morgan fingerprint density at radius 2 is 2.20 bits per heavy atom. The molecule has 1 rings (SSSR count). The molecular formula is C12H14N2O4S2. The van der Waals surface area contributed by atoms with Gasteiger partial charge in [-0.25, -0.2) is 8.42 Å². The van der Waals surface area contributed by atoms with E-state index in [1.54, 1.807) is 0 Å². The van der Waals surface area contributed by atoms with E-state index in [2.05, 4.69) is 0 Å². The second-order valence-corrected chi connectivity index (χ2v) is 7.24. The number of hydrogen-bond acceptors (Lipinski definition) is 6. The highest BCUT2D eigenvalue weighted by Gasteiger charge is 2.16. The maximum absolute atomic E-state index is 12.0. The van der Waals surface area contributed by atoms with Crippen LogP contribution in [-0.2, 0) is 14.6 Å². The van der Waals surface area contributed by atoms with Crippen LogP contribution in [0, 0.1) is 11.3 Å².